The van der Waals surface area contributed by atoms with Crippen molar-refractivity contribution in [3.8, 4) is 11.5 Å². The first kappa shape index (κ1) is 21.5. The quantitative estimate of drug-likeness (QED) is 0.385. The van der Waals surface area contributed by atoms with Crippen molar-refractivity contribution < 1.29 is 19.0 Å². The molecule has 0 saturated heterocycles. The number of halogens is 1. The lowest BCUT2D eigenvalue weighted by molar-refractivity contribution is -0.136. The number of ether oxygens (including phenoxy) is 3. The second-order valence-electron chi connectivity index (χ2n) is 6.38. The van der Waals surface area contributed by atoms with Gasteiger partial charge in [-0.05, 0) is 36.3 Å². The van der Waals surface area contributed by atoms with E-state index in [9.17, 15) is 4.79 Å². The number of rotatable bonds is 8. The van der Waals surface area contributed by atoms with Crippen LogP contribution in [-0.2, 0) is 16.1 Å². The molecule has 0 atom stereocenters. The Morgan fingerprint density at radius 2 is 1.93 bits per heavy atom. The predicted molar refractivity (Wildman–Crippen MR) is 117 cm³/mol. The van der Waals surface area contributed by atoms with Gasteiger partial charge in [0.25, 0.3) is 0 Å². The van der Waals surface area contributed by atoms with Crippen molar-refractivity contribution >= 4 is 29.2 Å². The average Bonchev–Trinajstić information content (AvgIpc) is 3.20. The van der Waals surface area contributed by atoms with Gasteiger partial charge in [-0.2, -0.15) is 0 Å². The molecule has 0 radical (unpaired) electrons. The summed E-state index contributed by atoms with van der Waals surface area (Å²) in [5.41, 5.74) is 2.07. The normalized spacial score (nSPS) is 11.3. The van der Waals surface area contributed by atoms with E-state index in [1.54, 1.807) is 31.3 Å². The molecule has 1 heterocycles. The second-order valence-corrected chi connectivity index (χ2v) is 6.79. The molecule has 0 aliphatic heterocycles. The maximum atomic E-state index is 12.8. The molecule has 3 aromatic rings. The minimum atomic E-state index is -0.469. The van der Waals surface area contributed by atoms with E-state index >= 15 is 0 Å². The first-order valence-corrected chi connectivity index (χ1v) is 9.81. The molecule has 0 spiro atoms. The van der Waals surface area contributed by atoms with Crippen molar-refractivity contribution in [2.45, 2.75) is 13.5 Å². The largest absolute Gasteiger partial charge is 0.493 e. The van der Waals surface area contributed by atoms with Gasteiger partial charge in [-0.1, -0.05) is 41.9 Å². The number of hydrogen-bond acceptors (Lipinski definition) is 5. The number of hydrogen-bond donors (Lipinski definition) is 0. The molecule has 156 valence electrons. The summed E-state index contributed by atoms with van der Waals surface area (Å²) in [5, 5.41) is 0.374. The first-order valence-electron chi connectivity index (χ1n) is 9.43. The van der Waals surface area contributed by atoms with Crippen LogP contribution < -0.4 is 9.47 Å². The van der Waals surface area contributed by atoms with Crippen molar-refractivity contribution in [1.29, 1.82) is 0 Å². The van der Waals surface area contributed by atoms with E-state index < -0.39 is 5.97 Å². The van der Waals surface area contributed by atoms with Crippen molar-refractivity contribution in [1.82, 2.24) is 9.55 Å². The maximum absolute atomic E-state index is 12.8. The Kier molecular flexibility index (Phi) is 7.14. The fourth-order valence-corrected chi connectivity index (χ4v) is 3.37. The van der Waals surface area contributed by atoms with Gasteiger partial charge in [-0.3, -0.25) is 0 Å². The number of esters is 1. The Balaban J connectivity index is 2.07. The summed E-state index contributed by atoms with van der Waals surface area (Å²) in [4.78, 5) is 17.2. The van der Waals surface area contributed by atoms with Gasteiger partial charge in [-0.15, -0.1) is 0 Å². The number of methoxy groups -OCH3 is 2. The molecule has 0 fully saturated rings. The van der Waals surface area contributed by atoms with Gasteiger partial charge < -0.3 is 18.8 Å². The average molecular weight is 427 g/mol. The monoisotopic (exact) mass is 426 g/mol. The third-order valence-corrected chi connectivity index (χ3v) is 4.70. The van der Waals surface area contributed by atoms with Crippen LogP contribution in [0.4, 0.5) is 0 Å². The molecule has 3 rings (SSSR count). The van der Waals surface area contributed by atoms with Crippen molar-refractivity contribution in [3.63, 3.8) is 0 Å². The summed E-state index contributed by atoms with van der Waals surface area (Å²) >= 11 is 6.33. The van der Waals surface area contributed by atoms with Crippen molar-refractivity contribution in [3.05, 3.63) is 76.8 Å². The van der Waals surface area contributed by atoms with Crippen molar-refractivity contribution in [2.75, 3.05) is 20.8 Å². The molecule has 0 aliphatic rings. The zero-order valence-corrected chi connectivity index (χ0v) is 17.8. The molecule has 0 saturated carbocycles. The van der Waals surface area contributed by atoms with Crippen LogP contribution in [0.1, 0.15) is 23.9 Å². The van der Waals surface area contributed by atoms with E-state index in [1.807, 2.05) is 41.1 Å². The Bertz CT molecular complexity index is 1040. The van der Waals surface area contributed by atoms with Crippen LogP contribution >= 0.6 is 11.6 Å². The van der Waals surface area contributed by atoms with Crippen LogP contribution in [0.25, 0.3) is 11.6 Å². The van der Waals surface area contributed by atoms with E-state index in [0.717, 1.165) is 5.56 Å². The lowest BCUT2D eigenvalue weighted by Crippen LogP contribution is -2.12. The van der Waals surface area contributed by atoms with Gasteiger partial charge in [0.2, 0.25) is 0 Å². The lowest BCUT2D eigenvalue weighted by Gasteiger charge is -2.13. The topological polar surface area (TPSA) is 62.6 Å². The highest BCUT2D eigenvalue weighted by Crippen LogP contribution is 2.37. The molecule has 0 bridgehead atoms. The zero-order chi connectivity index (χ0) is 21.5. The number of nitrogens with zero attached hydrogens (tertiary/aromatic N) is 2. The van der Waals surface area contributed by atoms with Crippen LogP contribution in [0.3, 0.4) is 0 Å². The minimum Gasteiger partial charge on any atom is -0.493 e. The van der Waals surface area contributed by atoms with Gasteiger partial charge in [0.15, 0.2) is 11.5 Å². The molecule has 0 aliphatic carbocycles. The summed E-state index contributed by atoms with van der Waals surface area (Å²) < 4.78 is 17.8. The van der Waals surface area contributed by atoms with Gasteiger partial charge in [0.1, 0.15) is 11.4 Å². The van der Waals surface area contributed by atoms with E-state index in [-0.39, 0.29) is 6.61 Å². The van der Waals surface area contributed by atoms with Crippen molar-refractivity contribution in [2.24, 2.45) is 0 Å². The third kappa shape index (κ3) is 4.83. The molecular formula is C23H23ClN2O4. The summed E-state index contributed by atoms with van der Waals surface area (Å²) in [6, 6.07) is 13.4. The summed E-state index contributed by atoms with van der Waals surface area (Å²) in [6.45, 7) is 2.58. The molecule has 30 heavy (non-hydrogen) atoms. The van der Waals surface area contributed by atoms with E-state index in [2.05, 4.69) is 4.98 Å². The minimum absolute atomic E-state index is 0.252. The van der Waals surface area contributed by atoms with Crippen LogP contribution in [0.5, 0.6) is 11.5 Å². The van der Waals surface area contributed by atoms with E-state index in [4.69, 9.17) is 25.8 Å². The molecule has 0 N–H and O–H groups in total. The van der Waals surface area contributed by atoms with Gasteiger partial charge in [0, 0.05) is 18.9 Å². The number of aromatic nitrogens is 2. The van der Waals surface area contributed by atoms with Gasteiger partial charge >= 0.3 is 5.97 Å². The lowest BCUT2D eigenvalue weighted by atomic mass is 10.1. The smallest absolute Gasteiger partial charge is 0.341 e. The Hall–Kier alpha value is -3.25. The number of benzene rings is 2. The van der Waals surface area contributed by atoms with Crippen LogP contribution in [-0.4, -0.2) is 36.3 Å². The fourth-order valence-electron chi connectivity index (χ4n) is 3.07. The second kappa shape index (κ2) is 9.98. The molecule has 0 unspecified atom stereocenters. The molecule has 7 heteroatoms. The first-order chi connectivity index (χ1) is 14.6. The highest BCUT2D eigenvalue weighted by Gasteiger charge is 2.20. The molecule has 2 aromatic carbocycles. The zero-order valence-electron chi connectivity index (χ0n) is 17.1. The Morgan fingerprint density at radius 3 is 2.60 bits per heavy atom. The summed E-state index contributed by atoms with van der Waals surface area (Å²) in [6.07, 6.45) is 5.18. The predicted octanol–water partition coefficient (Wildman–Crippen LogP) is 4.71. The number of carbonyl (C=O) groups excluding carboxylic acids is 1. The third-order valence-electron chi connectivity index (χ3n) is 4.41. The maximum Gasteiger partial charge on any atom is 0.341 e. The SMILES string of the molecule is CCOC(=O)C(=Cc1cc(Cl)c(OC)c(OC)c1)c1nccn1Cc1ccccc1. The van der Waals surface area contributed by atoms with Gasteiger partial charge in [0.05, 0.1) is 25.8 Å². The van der Waals surface area contributed by atoms with Gasteiger partial charge in [-0.25, -0.2) is 9.78 Å². The Labute approximate surface area is 180 Å². The number of carbonyl (C=O) groups is 1. The highest BCUT2D eigenvalue weighted by atomic mass is 35.5. The Morgan fingerprint density at radius 1 is 1.17 bits per heavy atom. The molecule has 1 aromatic heterocycles. The van der Waals surface area contributed by atoms with Crippen LogP contribution in [0, 0.1) is 0 Å². The molecule has 6 nitrogen and oxygen atoms in total. The highest BCUT2D eigenvalue weighted by molar-refractivity contribution is 6.32. The van der Waals surface area contributed by atoms with E-state index in [1.165, 1.54) is 14.2 Å². The van der Waals surface area contributed by atoms with Crippen LogP contribution in [0.15, 0.2) is 54.9 Å². The number of imidazole rings is 1. The molecule has 0 amide bonds. The van der Waals surface area contributed by atoms with E-state index in [0.29, 0.717) is 40.0 Å². The molecular weight excluding hydrogens is 404 g/mol. The van der Waals surface area contributed by atoms with Crippen LogP contribution in [0.2, 0.25) is 5.02 Å². The summed E-state index contributed by atoms with van der Waals surface area (Å²) in [7, 11) is 3.05. The summed E-state index contributed by atoms with van der Waals surface area (Å²) in [5.74, 6) is 0.929. The standard InChI is InChI=1S/C23H23ClN2O4/c1-4-30-23(27)18(12-17-13-19(24)21(29-3)20(14-17)28-2)22-25-10-11-26(22)15-16-8-6-5-7-9-16/h5-14H,4,15H2,1-3H3. The fraction of sp³-hybridized carbons (Fsp3) is 0.217.